The van der Waals surface area contributed by atoms with E-state index in [0.717, 1.165) is 5.69 Å². The molecule has 4 heterocycles. The number of hydrogen-bond donors (Lipinski definition) is 1. The molecule has 3 aromatic rings. The summed E-state index contributed by atoms with van der Waals surface area (Å²) >= 11 is 0. The van der Waals surface area contributed by atoms with Crippen molar-refractivity contribution in [3.05, 3.63) is 71.3 Å². The van der Waals surface area contributed by atoms with Gasteiger partial charge in [-0.2, -0.15) is 0 Å². The van der Waals surface area contributed by atoms with E-state index in [1.54, 1.807) is 30.9 Å². The monoisotopic (exact) mass is 422 g/mol. The van der Waals surface area contributed by atoms with Crippen molar-refractivity contribution in [3.63, 3.8) is 0 Å². The zero-order valence-electron chi connectivity index (χ0n) is 16.6. The number of anilines is 2. The minimum absolute atomic E-state index is 0.0717. The third-order valence-corrected chi connectivity index (χ3v) is 5.38. The van der Waals surface area contributed by atoms with Crippen LogP contribution in [0.4, 0.5) is 26.1 Å². The number of benzene rings is 1. The Hall–Kier alpha value is -3.30. The largest absolute Gasteiger partial charge is 0.379 e. The van der Waals surface area contributed by atoms with Crippen LogP contribution in [0.5, 0.6) is 0 Å². The van der Waals surface area contributed by atoms with Gasteiger partial charge in [0, 0.05) is 37.6 Å². The Balaban J connectivity index is 1.40. The first-order valence-electron chi connectivity index (χ1n) is 10.0. The molecule has 1 N–H and O–H groups in total. The summed E-state index contributed by atoms with van der Waals surface area (Å²) in [7, 11) is 0. The molecule has 1 fully saturated rings. The number of aliphatic imine (C=N–C) groups is 1. The Kier molecular flexibility index (Phi) is 5.35. The number of nitrogens with zero attached hydrogens (tertiary/aromatic N) is 5. The third kappa shape index (κ3) is 4.14. The molecule has 5 rings (SSSR count). The average Bonchev–Trinajstić information content (AvgIpc) is 3.21. The van der Waals surface area contributed by atoms with Crippen molar-refractivity contribution in [2.45, 2.75) is 12.5 Å². The second kappa shape index (κ2) is 8.44. The number of aromatic nitrogens is 3. The summed E-state index contributed by atoms with van der Waals surface area (Å²) < 4.78 is 35.0. The van der Waals surface area contributed by atoms with E-state index < -0.39 is 17.6 Å². The van der Waals surface area contributed by atoms with E-state index in [1.807, 2.05) is 11.0 Å². The van der Waals surface area contributed by atoms with Crippen LogP contribution in [-0.4, -0.2) is 52.4 Å². The number of ether oxygens (including phenoxy) is 1. The molecule has 0 radical (unpaired) electrons. The predicted molar refractivity (Wildman–Crippen MR) is 112 cm³/mol. The van der Waals surface area contributed by atoms with Crippen molar-refractivity contribution in [2.75, 3.05) is 31.6 Å². The van der Waals surface area contributed by atoms with E-state index in [4.69, 9.17) is 4.74 Å². The zero-order valence-corrected chi connectivity index (χ0v) is 16.6. The van der Waals surface area contributed by atoms with Crippen LogP contribution in [0, 0.1) is 11.6 Å². The summed E-state index contributed by atoms with van der Waals surface area (Å²) in [5.41, 5.74) is 2.46. The van der Waals surface area contributed by atoms with Crippen molar-refractivity contribution in [2.24, 2.45) is 4.99 Å². The number of fused-ring (bicyclic) bond motifs is 1. The van der Waals surface area contributed by atoms with E-state index >= 15 is 0 Å². The number of hydrogen-bond acceptors (Lipinski definition) is 7. The fourth-order valence-electron chi connectivity index (χ4n) is 3.75. The first-order valence-corrected chi connectivity index (χ1v) is 10.0. The second-order valence-electron chi connectivity index (χ2n) is 7.44. The fourth-order valence-corrected chi connectivity index (χ4v) is 3.75. The highest BCUT2D eigenvalue weighted by molar-refractivity contribution is 5.83. The smallest absolute Gasteiger partial charge is 0.227 e. The van der Waals surface area contributed by atoms with Crippen LogP contribution in [0.3, 0.4) is 0 Å². The molecular weight excluding hydrogens is 402 g/mol. The molecule has 1 aromatic carbocycles. The second-order valence-corrected chi connectivity index (χ2v) is 7.44. The molecule has 7 nitrogen and oxygen atoms in total. The molecular formula is C22H20F2N6O. The maximum atomic E-state index is 14.9. The van der Waals surface area contributed by atoms with E-state index in [-0.39, 0.29) is 12.1 Å². The zero-order chi connectivity index (χ0) is 21.2. The molecule has 2 aliphatic rings. The molecule has 2 aliphatic heterocycles. The molecule has 1 unspecified atom stereocenters. The average molecular weight is 422 g/mol. The summed E-state index contributed by atoms with van der Waals surface area (Å²) in [5.74, 6) is -1.21. The predicted octanol–water partition coefficient (Wildman–Crippen LogP) is 3.57. The van der Waals surface area contributed by atoms with Gasteiger partial charge in [0.15, 0.2) is 0 Å². The van der Waals surface area contributed by atoms with Gasteiger partial charge in [0.05, 0.1) is 42.9 Å². The van der Waals surface area contributed by atoms with Gasteiger partial charge in [-0.25, -0.2) is 18.7 Å². The van der Waals surface area contributed by atoms with Gasteiger partial charge in [-0.1, -0.05) is 0 Å². The normalized spacial score (nSPS) is 18.2. The van der Waals surface area contributed by atoms with Crippen LogP contribution in [0.1, 0.15) is 22.7 Å². The van der Waals surface area contributed by atoms with Crippen molar-refractivity contribution in [3.8, 4) is 0 Å². The highest BCUT2D eigenvalue weighted by Crippen LogP contribution is 2.36. The molecule has 0 saturated carbocycles. The Labute approximate surface area is 177 Å². The maximum Gasteiger partial charge on any atom is 0.227 e. The van der Waals surface area contributed by atoms with Gasteiger partial charge in [-0.05, 0) is 29.8 Å². The van der Waals surface area contributed by atoms with Gasteiger partial charge in [-0.3, -0.25) is 14.9 Å². The highest BCUT2D eigenvalue weighted by atomic mass is 19.1. The molecule has 158 valence electrons. The summed E-state index contributed by atoms with van der Waals surface area (Å²) in [6, 6.07) is 6.39. The minimum Gasteiger partial charge on any atom is -0.379 e. The first-order chi connectivity index (χ1) is 15.2. The number of rotatable bonds is 5. The summed E-state index contributed by atoms with van der Waals surface area (Å²) in [4.78, 5) is 19.2. The Morgan fingerprint density at radius 2 is 1.94 bits per heavy atom. The van der Waals surface area contributed by atoms with E-state index in [1.165, 1.54) is 12.1 Å². The lowest BCUT2D eigenvalue weighted by atomic mass is 9.95. The van der Waals surface area contributed by atoms with Crippen molar-refractivity contribution >= 4 is 23.5 Å². The molecule has 31 heavy (non-hydrogen) atoms. The molecule has 0 amide bonds. The third-order valence-electron chi connectivity index (χ3n) is 5.38. The molecule has 1 atom stereocenters. The number of halogens is 2. The standard InChI is InChI=1S/C22H20F2N6O/c23-18-8-14(9-19(24)17(18)13-30-4-6-31-7-5-30)16-11-26-20-12-27-22(29-21(16)20)28-15-2-1-3-25-10-15/h1-3,8-12,16H,4-7,13H2,(H,27,28,29). The van der Waals surface area contributed by atoms with E-state index in [9.17, 15) is 8.78 Å². The van der Waals surface area contributed by atoms with Gasteiger partial charge in [-0.15, -0.1) is 0 Å². The van der Waals surface area contributed by atoms with Crippen LogP contribution in [0.2, 0.25) is 0 Å². The van der Waals surface area contributed by atoms with Crippen LogP contribution < -0.4 is 5.32 Å². The Morgan fingerprint density at radius 1 is 1.13 bits per heavy atom. The van der Waals surface area contributed by atoms with Gasteiger partial charge in [0.25, 0.3) is 0 Å². The summed E-state index contributed by atoms with van der Waals surface area (Å²) in [6.45, 7) is 2.69. The number of nitrogens with one attached hydrogen (secondary N) is 1. The SMILES string of the molecule is Fc1cc(C2C=Nc3cnc(Nc4cccnc4)nc32)cc(F)c1CN1CCOCC1. The lowest BCUT2D eigenvalue weighted by molar-refractivity contribution is 0.0332. The fraction of sp³-hybridized carbons (Fsp3) is 0.273. The van der Waals surface area contributed by atoms with Crippen LogP contribution in [0.15, 0.2) is 47.8 Å². The quantitative estimate of drug-likeness (QED) is 0.678. The molecule has 1 saturated heterocycles. The Morgan fingerprint density at radius 3 is 2.68 bits per heavy atom. The molecule has 0 spiro atoms. The first kappa shape index (κ1) is 19.7. The molecule has 2 aromatic heterocycles. The number of morpholine rings is 1. The topological polar surface area (TPSA) is 75.5 Å². The minimum atomic E-state index is -0.564. The Bertz CT molecular complexity index is 1100. The van der Waals surface area contributed by atoms with Gasteiger partial charge >= 0.3 is 0 Å². The molecule has 9 heteroatoms. The van der Waals surface area contributed by atoms with Gasteiger partial charge in [0.1, 0.15) is 17.3 Å². The summed E-state index contributed by atoms with van der Waals surface area (Å²) in [5, 5.41) is 3.08. The van der Waals surface area contributed by atoms with Crippen LogP contribution in [-0.2, 0) is 11.3 Å². The molecule has 0 aliphatic carbocycles. The van der Waals surface area contributed by atoms with Crippen molar-refractivity contribution in [1.82, 2.24) is 19.9 Å². The maximum absolute atomic E-state index is 14.9. The van der Waals surface area contributed by atoms with Gasteiger partial charge in [0.2, 0.25) is 5.95 Å². The van der Waals surface area contributed by atoms with Gasteiger partial charge < -0.3 is 10.1 Å². The van der Waals surface area contributed by atoms with Crippen LogP contribution >= 0.6 is 0 Å². The summed E-state index contributed by atoms with van der Waals surface area (Å²) in [6.07, 6.45) is 6.56. The molecule has 0 bridgehead atoms. The lowest BCUT2D eigenvalue weighted by Crippen LogP contribution is -2.36. The van der Waals surface area contributed by atoms with Crippen molar-refractivity contribution in [1.29, 1.82) is 0 Å². The lowest BCUT2D eigenvalue weighted by Gasteiger charge is -2.27. The van der Waals surface area contributed by atoms with Crippen molar-refractivity contribution < 1.29 is 13.5 Å². The number of pyridine rings is 1. The highest BCUT2D eigenvalue weighted by Gasteiger charge is 2.26. The van der Waals surface area contributed by atoms with E-state index in [2.05, 4.69) is 25.3 Å². The van der Waals surface area contributed by atoms with Crippen LogP contribution in [0.25, 0.3) is 0 Å². The van der Waals surface area contributed by atoms with E-state index in [0.29, 0.717) is 49.2 Å².